The van der Waals surface area contributed by atoms with Gasteiger partial charge in [-0.1, -0.05) is 6.07 Å². The molecule has 2 aliphatic rings. The third-order valence-electron chi connectivity index (χ3n) is 4.44. The Balaban J connectivity index is 0.00000208. The quantitative estimate of drug-likeness (QED) is 0.814. The van der Waals surface area contributed by atoms with Crippen molar-refractivity contribution >= 4 is 34.0 Å². The van der Waals surface area contributed by atoms with Gasteiger partial charge in [0.2, 0.25) is 15.9 Å². The van der Waals surface area contributed by atoms with Crippen molar-refractivity contribution in [3.8, 4) is 0 Å². The van der Waals surface area contributed by atoms with Crippen LogP contribution in [0.25, 0.3) is 0 Å². The number of nitrogens with zero attached hydrogens (tertiary/aromatic N) is 2. The first-order valence-corrected chi connectivity index (χ1v) is 9.40. The average Bonchev–Trinajstić information content (AvgIpc) is 3.23. The summed E-state index contributed by atoms with van der Waals surface area (Å²) in [5.74, 6) is 0.731. The molecule has 0 aromatic heterocycles. The van der Waals surface area contributed by atoms with E-state index in [0.29, 0.717) is 13.1 Å². The largest absolute Gasteiger partial charge is 0.311 e. The number of fused-ring (bicyclic) bond motifs is 1. The first kappa shape index (κ1) is 19.2. The minimum Gasteiger partial charge on any atom is -0.311 e. The molecule has 0 atom stereocenters. The van der Waals surface area contributed by atoms with Crippen molar-refractivity contribution in [2.45, 2.75) is 24.2 Å². The van der Waals surface area contributed by atoms with Crippen LogP contribution in [0.3, 0.4) is 0 Å². The van der Waals surface area contributed by atoms with E-state index in [1.165, 1.54) is 31.2 Å². The van der Waals surface area contributed by atoms with E-state index in [2.05, 4.69) is 5.32 Å². The molecule has 1 aromatic rings. The lowest BCUT2D eigenvalue weighted by molar-refractivity contribution is -0.117. The number of halogens is 1. The second-order valence-corrected chi connectivity index (χ2v) is 8.60. The molecule has 0 unspecified atom stereocenters. The molecule has 1 aliphatic heterocycles. The Morgan fingerprint density at radius 2 is 2.04 bits per heavy atom. The average molecular weight is 374 g/mol. The van der Waals surface area contributed by atoms with E-state index < -0.39 is 10.0 Å². The van der Waals surface area contributed by atoms with Crippen LogP contribution in [-0.4, -0.2) is 52.4 Å². The predicted molar refractivity (Wildman–Crippen MR) is 96.2 cm³/mol. The lowest BCUT2D eigenvalue weighted by Crippen LogP contribution is -2.37. The van der Waals surface area contributed by atoms with Crippen molar-refractivity contribution in [2.24, 2.45) is 5.92 Å². The number of sulfonamides is 1. The Morgan fingerprint density at radius 3 is 2.67 bits per heavy atom. The zero-order valence-corrected chi connectivity index (χ0v) is 15.6. The summed E-state index contributed by atoms with van der Waals surface area (Å²) in [7, 11) is -0.473. The first-order chi connectivity index (χ1) is 10.9. The monoisotopic (exact) mass is 373 g/mol. The van der Waals surface area contributed by atoms with Gasteiger partial charge in [0.15, 0.2) is 0 Å². The van der Waals surface area contributed by atoms with Crippen LogP contribution in [-0.2, 0) is 21.2 Å². The van der Waals surface area contributed by atoms with Gasteiger partial charge >= 0.3 is 0 Å². The van der Waals surface area contributed by atoms with Gasteiger partial charge in [-0.25, -0.2) is 12.7 Å². The second kappa shape index (κ2) is 7.39. The van der Waals surface area contributed by atoms with Crippen LogP contribution >= 0.6 is 12.4 Å². The number of benzene rings is 1. The molecule has 1 aliphatic carbocycles. The maximum atomic E-state index is 12.4. The molecule has 1 aromatic carbocycles. The summed E-state index contributed by atoms with van der Waals surface area (Å²) in [6.07, 6.45) is 3.27. The number of rotatable bonds is 6. The zero-order chi connectivity index (χ0) is 16.6. The third kappa shape index (κ3) is 3.91. The summed E-state index contributed by atoms with van der Waals surface area (Å²) in [5.41, 5.74) is 1.75. The summed E-state index contributed by atoms with van der Waals surface area (Å²) in [5, 5.41) is 3.20. The van der Waals surface area contributed by atoms with E-state index in [-0.39, 0.29) is 23.2 Å². The van der Waals surface area contributed by atoms with E-state index in [0.717, 1.165) is 30.1 Å². The Kier molecular flexibility index (Phi) is 5.91. The van der Waals surface area contributed by atoms with E-state index in [1.54, 1.807) is 17.0 Å². The van der Waals surface area contributed by atoms with E-state index in [1.807, 2.05) is 6.07 Å². The molecule has 0 saturated heterocycles. The summed E-state index contributed by atoms with van der Waals surface area (Å²) in [6, 6.07) is 5.06. The highest BCUT2D eigenvalue weighted by Gasteiger charge is 2.28. The number of anilines is 1. The predicted octanol–water partition coefficient (Wildman–Crippen LogP) is 1.25. The van der Waals surface area contributed by atoms with Crippen molar-refractivity contribution in [1.82, 2.24) is 9.62 Å². The fraction of sp³-hybridized carbons (Fsp3) is 0.562. The first-order valence-electron chi connectivity index (χ1n) is 7.96. The van der Waals surface area contributed by atoms with Gasteiger partial charge in [-0.05, 0) is 49.4 Å². The van der Waals surface area contributed by atoms with Crippen molar-refractivity contribution in [2.75, 3.05) is 38.6 Å². The number of amides is 1. The normalized spacial score (nSPS) is 16.9. The molecule has 1 N–H and O–H groups in total. The highest BCUT2D eigenvalue weighted by molar-refractivity contribution is 7.89. The minimum atomic E-state index is -3.49. The van der Waals surface area contributed by atoms with Crippen LogP contribution in [0.1, 0.15) is 18.4 Å². The van der Waals surface area contributed by atoms with E-state index in [4.69, 9.17) is 0 Å². The number of hydrogen-bond acceptors (Lipinski definition) is 4. The lowest BCUT2D eigenvalue weighted by atomic mass is 10.2. The SMILES string of the molecule is CN(C)S(=O)(=O)c1ccc2c(c1)N(C(=O)CNCC1CC1)CC2.Cl. The van der Waals surface area contributed by atoms with Crippen LogP contribution in [0.5, 0.6) is 0 Å². The molecule has 0 spiro atoms. The highest BCUT2D eigenvalue weighted by Crippen LogP contribution is 2.31. The third-order valence-corrected chi connectivity index (χ3v) is 6.25. The maximum Gasteiger partial charge on any atom is 0.242 e. The van der Waals surface area contributed by atoms with Crippen molar-refractivity contribution in [3.05, 3.63) is 23.8 Å². The molecule has 1 heterocycles. The molecule has 1 amide bonds. The van der Waals surface area contributed by atoms with Gasteiger partial charge in [0.05, 0.1) is 11.4 Å². The highest BCUT2D eigenvalue weighted by atomic mass is 35.5. The molecular weight excluding hydrogens is 350 g/mol. The molecule has 24 heavy (non-hydrogen) atoms. The Labute approximate surface area is 149 Å². The van der Waals surface area contributed by atoms with Crippen LogP contribution in [0.15, 0.2) is 23.1 Å². The molecule has 8 heteroatoms. The summed E-state index contributed by atoms with van der Waals surface area (Å²) in [6.45, 7) is 1.81. The lowest BCUT2D eigenvalue weighted by Gasteiger charge is -2.19. The number of carbonyl (C=O) groups is 1. The van der Waals surface area contributed by atoms with Gasteiger partial charge in [-0.2, -0.15) is 0 Å². The molecular formula is C16H24ClN3O3S. The maximum absolute atomic E-state index is 12.4. The van der Waals surface area contributed by atoms with Crippen molar-refractivity contribution < 1.29 is 13.2 Å². The van der Waals surface area contributed by atoms with Crippen LogP contribution < -0.4 is 10.2 Å². The molecule has 1 fully saturated rings. The summed E-state index contributed by atoms with van der Waals surface area (Å²) in [4.78, 5) is 14.3. The number of carbonyl (C=O) groups excluding carboxylic acids is 1. The molecule has 0 bridgehead atoms. The Hall–Kier alpha value is -1.15. The fourth-order valence-corrected chi connectivity index (χ4v) is 3.71. The number of nitrogens with one attached hydrogen (secondary N) is 1. The van der Waals surface area contributed by atoms with Crippen LogP contribution in [0.2, 0.25) is 0 Å². The zero-order valence-electron chi connectivity index (χ0n) is 14.0. The molecule has 6 nitrogen and oxygen atoms in total. The van der Waals surface area contributed by atoms with Crippen LogP contribution in [0, 0.1) is 5.92 Å². The number of hydrogen-bond donors (Lipinski definition) is 1. The van der Waals surface area contributed by atoms with Crippen molar-refractivity contribution in [1.29, 1.82) is 0 Å². The minimum absolute atomic E-state index is 0. The van der Waals surface area contributed by atoms with Gasteiger partial charge in [-0.15, -0.1) is 12.4 Å². The topological polar surface area (TPSA) is 69.7 Å². The van der Waals surface area contributed by atoms with Gasteiger partial charge < -0.3 is 10.2 Å². The fourth-order valence-electron chi connectivity index (χ4n) is 2.79. The molecule has 0 radical (unpaired) electrons. The Morgan fingerprint density at radius 1 is 1.33 bits per heavy atom. The van der Waals surface area contributed by atoms with Gasteiger partial charge in [-0.3, -0.25) is 4.79 Å². The standard InChI is InChI=1S/C16H23N3O3S.ClH/c1-18(2)23(21,22)14-6-5-13-7-8-19(15(13)9-14)16(20)11-17-10-12-3-4-12;/h5-6,9,12,17H,3-4,7-8,10-11H2,1-2H3;1H. The summed E-state index contributed by atoms with van der Waals surface area (Å²) >= 11 is 0. The second-order valence-electron chi connectivity index (χ2n) is 6.45. The molecule has 1 saturated carbocycles. The van der Waals surface area contributed by atoms with Crippen molar-refractivity contribution in [3.63, 3.8) is 0 Å². The summed E-state index contributed by atoms with van der Waals surface area (Å²) < 4.78 is 25.7. The molecule has 3 rings (SSSR count). The molecule has 134 valence electrons. The van der Waals surface area contributed by atoms with Gasteiger partial charge in [0.1, 0.15) is 0 Å². The van der Waals surface area contributed by atoms with Crippen LogP contribution in [0.4, 0.5) is 5.69 Å². The smallest absolute Gasteiger partial charge is 0.242 e. The van der Waals surface area contributed by atoms with E-state index >= 15 is 0 Å². The van der Waals surface area contributed by atoms with Gasteiger partial charge in [0, 0.05) is 26.3 Å². The van der Waals surface area contributed by atoms with Gasteiger partial charge in [0.25, 0.3) is 0 Å². The Bertz CT molecular complexity index is 717. The van der Waals surface area contributed by atoms with E-state index in [9.17, 15) is 13.2 Å².